The van der Waals surface area contributed by atoms with Crippen LogP contribution in [-0.4, -0.2) is 57.4 Å². The van der Waals surface area contributed by atoms with E-state index in [0.29, 0.717) is 26.0 Å². The zero-order chi connectivity index (χ0) is 13.1. The van der Waals surface area contributed by atoms with Crippen molar-refractivity contribution in [3.05, 3.63) is 0 Å². The number of halogens is 3. The van der Waals surface area contributed by atoms with Crippen molar-refractivity contribution in [1.29, 1.82) is 0 Å². The molecule has 0 aromatic rings. The van der Waals surface area contributed by atoms with Gasteiger partial charge in [0.25, 0.3) is 0 Å². The van der Waals surface area contributed by atoms with Crippen molar-refractivity contribution >= 4 is 0 Å². The highest BCUT2D eigenvalue weighted by Crippen LogP contribution is 2.14. The Kier molecular flexibility index (Phi) is 9.43. The quantitative estimate of drug-likeness (QED) is 0.573. The Balaban J connectivity index is 3.41. The van der Waals surface area contributed by atoms with Crippen LogP contribution in [-0.2, 0) is 9.47 Å². The zero-order valence-corrected chi connectivity index (χ0v) is 9.92. The third kappa shape index (κ3) is 11.9. The maximum atomic E-state index is 11.7. The Morgan fingerprint density at radius 3 is 2.59 bits per heavy atom. The maximum absolute atomic E-state index is 11.7. The first-order valence-electron chi connectivity index (χ1n) is 5.47. The lowest BCUT2D eigenvalue weighted by molar-refractivity contribution is -0.174. The molecule has 0 radical (unpaired) electrons. The van der Waals surface area contributed by atoms with Crippen molar-refractivity contribution in [3.63, 3.8) is 0 Å². The van der Waals surface area contributed by atoms with Gasteiger partial charge in [0.2, 0.25) is 0 Å². The molecular formula is C10H20F3NO3. The summed E-state index contributed by atoms with van der Waals surface area (Å²) in [5.41, 5.74) is 0. The van der Waals surface area contributed by atoms with E-state index in [9.17, 15) is 13.2 Å². The van der Waals surface area contributed by atoms with Crippen LogP contribution in [0.4, 0.5) is 13.2 Å². The minimum absolute atomic E-state index is 0.0209. The van der Waals surface area contributed by atoms with Crippen LogP contribution in [0.5, 0.6) is 0 Å². The molecule has 0 aliphatic carbocycles. The fraction of sp³-hybridized carbons (Fsp3) is 1.00. The van der Waals surface area contributed by atoms with E-state index in [4.69, 9.17) is 9.84 Å². The van der Waals surface area contributed by atoms with Gasteiger partial charge in [-0.15, -0.1) is 0 Å². The number of hydrogen-bond donors (Lipinski definition) is 2. The summed E-state index contributed by atoms with van der Waals surface area (Å²) in [5, 5.41) is 11.8. The molecule has 0 spiro atoms. The molecule has 1 atom stereocenters. The van der Waals surface area contributed by atoms with Crippen LogP contribution >= 0.6 is 0 Å². The van der Waals surface area contributed by atoms with Crippen LogP contribution in [0.15, 0.2) is 0 Å². The van der Waals surface area contributed by atoms with E-state index in [-0.39, 0.29) is 19.3 Å². The Bertz CT molecular complexity index is 173. The first-order chi connectivity index (χ1) is 7.99. The summed E-state index contributed by atoms with van der Waals surface area (Å²) in [6.45, 7) is -0.0993. The lowest BCUT2D eigenvalue weighted by atomic mass is 10.2. The topological polar surface area (TPSA) is 50.7 Å². The minimum atomic E-state index is -4.26. The number of rotatable bonds is 10. The molecule has 0 heterocycles. The lowest BCUT2D eigenvalue weighted by Crippen LogP contribution is -2.35. The van der Waals surface area contributed by atoms with Crippen LogP contribution in [0.3, 0.4) is 0 Å². The van der Waals surface area contributed by atoms with Crippen LogP contribution < -0.4 is 5.32 Å². The molecule has 1 unspecified atom stereocenters. The number of ether oxygens (including phenoxy) is 2. The fourth-order valence-corrected chi connectivity index (χ4v) is 1.27. The van der Waals surface area contributed by atoms with Crippen LogP contribution in [0.25, 0.3) is 0 Å². The van der Waals surface area contributed by atoms with Gasteiger partial charge in [0, 0.05) is 26.4 Å². The minimum Gasteiger partial charge on any atom is -0.396 e. The second-order valence-electron chi connectivity index (χ2n) is 3.64. The Morgan fingerprint density at radius 2 is 2.06 bits per heavy atom. The van der Waals surface area contributed by atoms with Crippen molar-refractivity contribution in [2.24, 2.45) is 0 Å². The third-order valence-corrected chi connectivity index (χ3v) is 2.01. The van der Waals surface area contributed by atoms with Gasteiger partial charge in [0.15, 0.2) is 0 Å². The predicted octanol–water partition coefficient (Wildman–Crippen LogP) is 0.942. The first kappa shape index (κ1) is 16.6. The standard InChI is InChI=1S/C10H20F3NO3/c1-16-7-9(3-5-15)14-4-2-6-17-8-10(11,12)13/h9,14-15H,2-8H2,1H3. The smallest absolute Gasteiger partial charge is 0.396 e. The number of alkyl halides is 3. The molecule has 0 rings (SSSR count). The van der Waals surface area contributed by atoms with Crippen LogP contribution in [0.1, 0.15) is 12.8 Å². The first-order valence-corrected chi connectivity index (χ1v) is 5.47. The molecule has 0 aliphatic rings. The second kappa shape index (κ2) is 9.64. The summed E-state index contributed by atoms with van der Waals surface area (Å²) in [5.74, 6) is 0. The summed E-state index contributed by atoms with van der Waals surface area (Å²) >= 11 is 0. The van der Waals surface area contributed by atoms with Crippen molar-refractivity contribution in [2.45, 2.75) is 25.1 Å². The number of methoxy groups -OCH3 is 1. The molecular weight excluding hydrogens is 239 g/mol. The molecule has 0 bridgehead atoms. The summed E-state index contributed by atoms with van der Waals surface area (Å²) in [6.07, 6.45) is -3.22. The van der Waals surface area contributed by atoms with E-state index in [0.717, 1.165) is 0 Å². The Labute approximate surface area is 99.1 Å². The van der Waals surface area contributed by atoms with Crippen LogP contribution in [0.2, 0.25) is 0 Å². The van der Waals surface area contributed by atoms with Gasteiger partial charge in [-0.05, 0) is 19.4 Å². The second-order valence-corrected chi connectivity index (χ2v) is 3.64. The van der Waals surface area contributed by atoms with Gasteiger partial charge in [0.05, 0.1) is 6.61 Å². The van der Waals surface area contributed by atoms with Gasteiger partial charge >= 0.3 is 6.18 Å². The highest BCUT2D eigenvalue weighted by atomic mass is 19.4. The summed E-state index contributed by atoms with van der Waals surface area (Å²) < 4.78 is 44.5. The highest BCUT2D eigenvalue weighted by Gasteiger charge is 2.27. The van der Waals surface area contributed by atoms with Crippen molar-refractivity contribution < 1.29 is 27.8 Å². The largest absolute Gasteiger partial charge is 0.411 e. The Hall–Kier alpha value is -0.370. The molecule has 104 valence electrons. The average molecular weight is 259 g/mol. The predicted molar refractivity (Wildman–Crippen MR) is 56.9 cm³/mol. The monoisotopic (exact) mass is 259 g/mol. The van der Waals surface area contributed by atoms with E-state index in [1.165, 1.54) is 0 Å². The lowest BCUT2D eigenvalue weighted by Gasteiger charge is -2.16. The molecule has 0 saturated heterocycles. The van der Waals surface area contributed by atoms with Gasteiger partial charge in [-0.2, -0.15) is 13.2 Å². The highest BCUT2D eigenvalue weighted by molar-refractivity contribution is 4.65. The zero-order valence-electron chi connectivity index (χ0n) is 9.92. The summed E-state index contributed by atoms with van der Waals surface area (Å²) in [4.78, 5) is 0. The molecule has 2 N–H and O–H groups in total. The molecule has 0 aromatic heterocycles. The van der Waals surface area contributed by atoms with Crippen molar-refractivity contribution in [2.75, 3.05) is 40.1 Å². The SMILES string of the molecule is COCC(CCO)NCCCOCC(F)(F)F. The van der Waals surface area contributed by atoms with Gasteiger partial charge in [0.1, 0.15) is 6.61 Å². The van der Waals surface area contributed by atoms with Crippen molar-refractivity contribution in [3.8, 4) is 0 Å². The molecule has 17 heavy (non-hydrogen) atoms. The Morgan fingerprint density at radius 1 is 1.35 bits per heavy atom. The molecule has 7 heteroatoms. The molecule has 0 fully saturated rings. The van der Waals surface area contributed by atoms with Gasteiger partial charge in [-0.25, -0.2) is 0 Å². The fourth-order valence-electron chi connectivity index (χ4n) is 1.27. The maximum Gasteiger partial charge on any atom is 0.411 e. The van der Waals surface area contributed by atoms with E-state index in [1.54, 1.807) is 7.11 Å². The summed E-state index contributed by atoms with van der Waals surface area (Å²) in [7, 11) is 1.55. The number of aliphatic hydroxyl groups excluding tert-OH is 1. The molecule has 4 nitrogen and oxygen atoms in total. The summed E-state index contributed by atoms with van der Waals surface area (Å²) in [6, 6.07) is 0.0209. The number of nitrogens with one attached hydrogen (secondary N) is 1. The van der Waals surface area contributed by atoms with Crippen molar-refractivity contribution in [1.82, 2.24) is 5.32 Å². The van der Waals surface area contributed by atoms with Gasteiger partial charge < -0.3 is 19.9 Å². The normalized spacial score (nSPS) is 13.9. The third-order valence-electron chi connectivity index (χ3n) is 2.01. The molecule has 0 amide bonds. The van der Waals surface area contributed by atoms with E-state index >= 15 is 0 Å². The molecule has 0 aromatic carbocycles. The van der Waals surface area contributed by atoms with E-state index in [2.05, 4.69) is 10.1 Å². The number of aliphatic hydroxyl groups is 1. The average Bonchev–Trinajstić information content (AvgIpc) is 2.22. The van der Waals surface area contributed by atoms with Gasteiger partial charge in [-0.3, -0.25) is 0 Å². The molecule has 0 saturated carbocycles. The molecule has 0 aliphatic heterocycles. The van der Waals surface area contributed by atoms with Gasteiger partial charge in [-0.1, -0.05) is 0 Å². The number of hydrogen-bond acceptors (Lipinski definition) is 4. The van der Waals surface area contributed by atoms with E-state index < -0.39 is 12.8 Å². The van der Waals surface area contributed by atoms with E-state index in [1.807, 2.05) is 0 Å². The van der Waals surface area contributed by atoms with Crippen LogP contribution in [0, 0.1) is 0 Å².